The Morgan fingerprint density at radius 2 is 1.64 bits per heavy atom. The summed E-state index contributed by atoms with van der Waals surface area (Å²) in [5, 5.41) is 17.4. The Labute approximate surface area is 243 Å². The van der Waals surface area contributed by atoms with Gasteiger partial charge in [-0.2, -0.15) is 13.2 Å². The number of nitrogens with zero attached hydrogens (tertiary/aromatic N) is 1. The highest BCUT2D eigenvalue weighted by molar-refractivity contribution is 5.82. The zero-order chi connectivity index (χ0) is 30.8. The van der Waals surface area contributed by atoms with Crippen molar-refractivity contribution in [2.45, 2.75) is 69.5 Å². The van der Waals surface area contributed by atoms with E-state index in [1.165, 1.54) is 38.1 Å². The van der Waals surface area contributed by atoms with Crippen molar-refractivity contribution >= 4 is 23.3 Å². The number of morpholine rings is 1. The third-order valence-electron chi connectivity index (χ3n) is 6.92. The molecule has 4 N–H and O–H groups in total. The number of nitrogens with one attached hydrogen (secondary N) is 3. The minimum atomic E-state index is -4.74. The molecular formula is C30H40F4N4O4. The van der Waals surface area contributed by atoms with Crippen LogP contribution in [0.5, 0.6) is 0 Å². The highest BCUT2D eigenvalue weighted by Crippen LogP contribution is 2.34. The highest BCUT2D eigenvalue weighted by Gasteiger charge is 2.43. The smallest absolute Gasteiger partial charge is 0.407 e. The predicted octanol–water partition coefficient (Wildman–Crippen LogP) is 5.07. The number of carbonyl (C=O) groups excluding carboxylic acids is 1. The number of carboxylic acids is 1. The van der Waals surface area contributed by atoms with Gasteiger partial charge in [0, 0.05) is 49.9 Å². The molecule has 0 spiro atoms. The maximum Gasteiger partial charge on any atom is 0.407 e. The van der Waals surface area contributed by atoms with Crippen LogP contribution >= 0.6 is 0 Å². The molecule has 1 aliphatic rings. The van der Waals surface area contributed by atoms with Gasteiger partial charge < -0.3 is 25.4 Å². The molecule has 1 saturated heterocycles. The monoisotopic (exact) mass is 596 g/mol. The summed E-state index contributed by atoms with van der Waals surface area (Å²) in [6, 6.07) is 10.4. The average Bonchev–Trinajstić information content (AvgIpc) is 2.93. The first-order chi connectivity index (χ1) is 19.8. The lowest BCUT2D eigenvalue weighted by Gasteiger charge is -2.31. The molecular weight excluding hydrogens is 556 g/mol. The lowest BCUT2D eigenvalue weighted by molar-refractivity contribution is -0.161. The molecule has 0 aromatic heterocycles. The standard InChI is InChI=1S/C30H40F4N4O4/c1-29(2,31)19-25(37-27(30(32,33)34)21-7-4-3-5-8-21)28(41)36-23(9-6-10-26(39)40)20-35-22-11-13-24(14-12-22)38-15-17-42-18-16-38/h3-5,7-8,11-14,23,25,27,35,37H,6,9-10,15-20H2,1-2H3,(H,36,41)(H,39,40)/t23-,25?,27-/m0/s1. The van der Waals surface area contributed by atoms with E-state index in [1.807, 2.05) is 24.3 Å². The van der Waals surface area contributed by atoms with Crippen molar-refractivity contribution in [2.75, 3.05) is 43.1 Å². The first-order valence-electron chi connectivity index (χ1n) is 14.1. The number of aliphatic carboxylic acids is 1. The summed E-state index contributed by atoms with van der Waals surface area (Å²) in [6.45, 7) is 5.47. The number of ether oxygens (including phenoxy) is 1. The van der Waals surface area contributed by atoms with Crippen LogP contribution in [0.3, 0.4) is 0 Å². The van der Waals surface area contributed by atoms with Gasteiger partial charge in [-0.15, -0.1) is 0 Å². The molecule has 232 valence electrons. The van der Waals surface area contributed by atoms with Crippen LogP contribution in [0.2, 0.25) is 0 Å². The Balaban J connectivity index is 1.73. The third-order valence-corrected chi connectivity index (χ3v) is 6.92. The van der Waals surface area contributed by atoms with E-state index in [0.717, 1.165) is 24.5 Å². The van der Waals surface area contributed by atoms with Crippen LogP contribution in [0, 0.1) is 0 Å². The predicted molar refractivity (Wildman–Crippen MR) is 153 cm³/mol. The second-order valence-electron chi connectivity index (χ2n) is 11.0. The van der Waals surface area contributed by atoms with Crippen LogP contribution < -0.4 is 20.9 Å². The fourth-order valence-electron chi connectivity index (χ4n) is 4.82. The Morgan fingerprint density at radius 3 is 2.21 bits per heavy atom. The highest BCUT2D eigenvalue weighted by atomic mass is 19.4. The van der Waals surface area contributed by atoms with Gasteiger partial charge >= 0.3 is 12.1 Å². The molecule has 8 nitrogen and oxygen atoms in total. The van der Waals surface area contributed by atoms with E-state index in [2.05, 4.69) is 20.9 Å². The number of carboxylic acid groups (broad SMARTS) is 1. The van der Waals surface area contributed by atoms with Gasteiger partial charge in [-0.25, -0.2) is 4.39 Å². The largest absolute Gasteiger partial charge is 0.481 e. The van der Waals surface area contributed by atoms with Gasteiger partial charge in [-0.3, -0.25) is 14.9 Å². The number of carbonyl (C=O) groups is 2. The molecule has 1 aliphatic heterocycles. The van der Waals surface area contributed by atoms with Crippen molar-refractivity contribution < 1.29 is 37.0 Å². The topological polar surface area (TPSA) is 103 Å². The number of hydrogen-bond donors (Lipinski definition) is 4. The number of anilines is 2. The average molecular weight is 597 g/mol. The van der Waals surface area contributed by atoms with Crippen LogP contribution in [-0.4, -0.2) is 73.8 Å². The molecule has 12 heteroatoms. The van der Waals surface area contributed by atoms with Crippen molar-refractivity contribution in [1.29, 1.82) is 0 Å². The lowest BCUT2D eigenvalue weighted by atomic mass is 9.97. The minimum absolute atomic E-state index is 0.0975. The zero-order valence-corrected chi connectivity index (χ0v) is 23.9. The fourth-order valence-corrected chi connectivity index (χ4v) is 4.82. The van der Waals surface area contributed by atoms with Crippen LogP contribution in [0.1, 0.15) is 51.1 Å². The summed E-state index contributed by atoms with van der Waals surface area (Å²) in [6.07, 6.45) is -4.89. The van der Waals surface area contributed by atoms with Crippen LogP contribution in [-0.2, 0) is 14.3 Å². The van der Waals surface area contributed by atoms with E-state index in [9.17, 15) is 27.2 Å². The summed E-state index contributed by atoms with van der Waals surface area (Å²) < 4.78 is 62.3. The summed E-state index contributed by atoms with van der Waals surface area (Å²) >= 11 is 0. The molecule has 0 saturated carbocycles. The van der Waals surface area contributed by atoms with Crippen LogP contribution in [0.15, 0.2) is 54.6 Å². The molecule has 1 fully saturated rings. The molecule has 2 aromatic rings. The summed E-state index contributed by atoms with van der Waals surface area (Å²) in [4.78, 5) is 26.7. The molecule has 1 heterocycles. The molecule has 0 bridgehead atoms. The van der Waals surface area contributed by atoms with E-state index < -0.39 is 48.3 Å². The first kappa shape index (κ1) is 33.1. The van der Waals surface area contributed by atoms with E-state index >= 15 is 0 Å². The van der Waals surface area contributed by atoms with Gasteiger partial charge in [0.2, 0.25) is 5.91 Å². The van der Waals surface area contributed by atoms with Gasteiger partial charge in [0.1, 0.15) is 11.7 Å². The minimum Gasteiger partial charge on any atom is -0.481 e. The Bertz CT molecular complexity index is 1120. The van der Waals surface area contributed by atoms with Crippen molar-refractivity contribution in [1.82, 2.24) is 10.6 Å². The van der Waals surface area contributed by atoms with E-state index in [4.69, 9.17) is 9.84 Å². The molecule has 0 aliphatic carbocycles. The number of halogens is 4. The Morgan fingerprint density at radius 1 is 1.00 bits per heavy atom. The van der Waals surface area contributed by atoms with Crippen molar-refractivity contribution in [3.8, 4) is 0 Å². The van der Waals surface area contributed by atoms with Gasteiger partial charge in [0.15, 0.2) is 0 Å². The zero-order valence-electron chi connectivity index (χ0n) is 23.9. The molecule has 2 aromatic carbocycles. The van der Waals surface area contributed by atoms with E-state index in [1.54, 1.807) is 6.07 Å². The number of alkyl halides is 4. The fraction of sp³-hybridized carbons (Fsp3) is 0.533. The van der Waals surface area contributed by atoms with Crippen LogP contribution in [0.25, 0.3) is 0 Å². The van der Waals surface area contributed by atoms with E-state index in [-0.39, 0.29) is 31.4 Å². The second-order valence-corrected chi connectivity index (χ2v) is 11.0. The number of rotatable bonds is 15. The summed E-state index contributed by atoms with van der Waals surface area (Å²) in [7, 11) is 0. The van der Waals surface area contributed by atoms with Crippen molar-refractivity contribution in [3.05, 3.63) is 60.2 Å². The summed E-state index contributed by atoms with van der Waals surface area (Å²) in [5.41, 5.74) is -0.248. The van der Waals surface area contributed by atoms with Gasteiger partial charge in [-0.05, 0) is 56.5 Å². The Hall–Kier alpha value is -3.38. The van der Waals surface area contributed by atoms with Gasteiger partial charge in [0.05, 0.1) is 19.3 Å². The summed E-state index contributed by atoms with van der Waals surface area (Å²) in [5.74, 6) is -1.79. The quantitative estimate of drug-likeness (QED) is 0.213. The van der Waals surface area contributed by atoms with Gasteiger partial charge in [0.25, 0.3) is 0 Å². The second kappa shape index (κ2) is 15.2. The molecule has 1 amide bonds. The SMILES string of the molecule is CC(C)(F)CC(N[C@@H](c1ccccc1)C(F)(F)F)C(=O)N[C@@H](CCCC(=O)O)CNc1ccc(N2CCOCC2)cc1. The van der Waals surface area contributed by atoms with Gasteiger partial charge in [-0.1, -0.05) is 30.3 Å². The number of amides is 1. The molecule has 1 unspecified atom stereocenters. The number of benzene rings is 2. The lowest BCUT2D eigenvalue weighted by Crippen LogP contribution is -2.53. The van der Waals surface area contributed by atoms with Crippen molar-refractivity contribution in [3.63, 3.8) is 0 Å². The maximum absolute atomic E-state index is 14.7. The van der Waals surface area contributed by atoms with E-state index in [0.29, 0.717) is 13.2 Å². The first-order valence-corrected chi connectivity index (χ1v) is 14.1. The van der Waals surface area contributed by atoms with Crippen molar-refractivity contribution in [2.24, 2.45) is 0 Å². The van der Waals surface area contributed by atoms with Crippen LogP contribution in [0.4, 0.5) is 28.9 Å². The molecule has 0 radical (unpaired) electrons. The maximum atomic E-state index is 14.7. The molecule has 3 rings (SSSR count). The normalized spacial score (nSPS) is 16.4. The Kier molecular flexibility index (Phi) is 12.0. The number of hydrogen-bond acceptors (Lipinski definition) is 6. The molecule has 3 atom stereocenters. The third kappa shape index (κ3) is 11.1. The molecule has 42 heavy (non-hydrogen) atoms.